The summed E-state index contributed by atoms with van der Waals surface area (Å²) in [6.07, 6.45) is 2.94. The number of anilines is 1. The first kappa shape index (κ1) is 17.9. The van der Waals surface area contributed by atoms with Gasteiger partial charge in [-0.25, -0.2) is 0 Å². The minimum absolute atomic E-state index is 0.0468. The Morgan fingerprint density at radius 3 is 2.81 bits per heavy atom. The van der Waals surface area contributed by atoms with Crippen molar-refractivity contribution in [2.75, 3.05) is 37.7 Å². The van der Waals surface area contributed by atoms with Crippen LogP contribution in [0.4, 0.5) is 5.69 Å². The Morgan fingerprint density at radius 2 is 2.04 bits per heavy atom. The van der Waals surface area contributed by atoms with Gasteiger partial charge < -0.3 is 20.3 Å². The number of rotatable bonds is 4. The van der Waals surface area contributed by atoms with Crippen molar-refractivity contribution < 1.29 is 9.53 Å². The SMILES string of the molecule is Cc1ncc2c(c1CNC(=O)c1ccc(N3CCOCC3)cc1)CCNC2. The minimum atomic E-state index is -0.0468. The van der Waals surface area contributed by atoms with E-state index in [2.05, 4.69) is 20.5 Å². The summed E-state index contributed by atoms with van der Waals surface area (Å²) < 4.78 is 5.39. The average molecular weight is 366 g/mol. The number of benzene rings is 1. The van der Waals surface area contributed by atoms with Gasteiger partial charge in [-0.05, 0) is 60.8 Å². The van der Waals surface area contributed by atoms with Crippen molar-refractivity contribution >= 4 is 11.6 Å². The van der Waals surface area contributed by atoms with E-state index in [1.54, 1.807) is 0 Å². The highest BCUT2D eigenvalue weighted by Crippen LogP contribution is 2.21. The van der Waals surface area contributed by atoms with E-state index in [0.29, 0.717) is 12.1 Å². The summed E-state index contributed by atoms with van der Waals surface area (Å²) in [6.45, 7) is 7.66. The van der Waals surface area contributed by atoms with E-state index in [4.69, 9.17) is 4.74 Å². The van der Waals surface area contributed by atoms with Gasteiger partial charge in [0.25, 0.3) is 5.91 Å². The van der Waals surface area contributed by atoms with E-state index in [1.807, 2.05) is 37.4 Å². The van der Waals surface area contributed by atoms with Crippen molar-refractivity contribution in [3.63, 3.8) is 0 Å². The third-order valence-electron chi connectivity index (χ3n) is 5.40. The average Bonchev–Trinajstić information content (AvgIpc) is 2.73. The fraction of sp³-hybridized carbons (Fsp3) is 0.429. The molecule has 0 unspecified atom stereocenters. The molecule has 27 heavy (non-hydrogen) atoms. The van der Waals surface area contributed by atoms with Gasteiger partial charge in [-0.3, -0.25) is 9.78 Å². The predicted octanol–water partition coefficient (Wildman–Crippen LogP) is 1.80. The van der Waals surface area contributed by atoms with Crippen molar-refractivity contribution in [2.24, 2.45) is 0 Å². The van der Waals surface area contributed by atoms with Crippen LogP contribution < -0.4 is 15.5 Å². The molecule has 2 N–H and O–H groups in total. The summed E-state index contributed by atoms with van der Waals surface area (Å²) in [5.74, 6) is -0.0468. The summed E-state index contributed by atoms with van der Waals surface area (Å²) in [7, 11) is 0. The molecule has 2 aliphatic heterocycles. The van der Waals surface area contributed by atoms with Gasteiger partial charge in [-0.1, -0.05) is 0 Å². The van der Waals surface area contributed by atoms with Gasteiger partial charge in [0.05, 0.1) is 13.2 Å². The van der Waals surface area contributed by atoms with Crippen molar-refractivity contribution in [3.05, 3.63) is 58.4 Å². The summed E-state index contributed by atoms with van der Waals surface area (Å²) in [6, 6.07) is 7.83. The summed E-state index contributed by atoms with van der Waals surface area (Å²) in [5.41, 5.74) is 6.56. The zero-order valence-corrected chi connectivity index (χ0v) is 15.8. The first-order chi connectivity index (χ1) is 13.2. The lowest BCUT2D eigenvalue weighted by molar-refractivity contribution is 0.0950. The highest BCUT2D eigenvalue weighted by Gasteiger charge is 2.17. The molecule has 1 amide bonds. The quantitative estimate of drug-likeness (QED) is 0.864. The van der Waals surface area contributed by atoms with Crippen LogP contribution in [0.1, 0.15) is 32.7 Å². The number of amides is 1. The van der Waals surface area contributed by atoms with E-state index in [0.717, 1.165) is 62.8 Å². The van der Waals surface area contributed by atoms with Crippen molar-refractivity contribution in [1.82, 2.24) is 15.6 Å². The highest BCUT2D eigenvalue weighted by atomic mass is 16.5. The number of morpholine rings is 1. The molecule has 0 aliphatic carbocycles. The van der Waals surface area contributed by atoms with Crippen LogP contribution >= 0.6 is 0 Å². The van der Waals surface area contributed by atoms with Crippen LogP contribution in [0, 0.1) is 6.92 Å². The predicted molar refractivity (Wildman–Crippen MR) is 105 cm³/mol. The molecule has 2 aliphatic rings. The lowest BCUT2D eigenvalue weighted by Gasteiger charge is -2.28. The zero-order valence-electron chi connectivity index (χ0n) is 15.8. The fourth-order valence-corrected chi connectivity index (χ4v) is 3.79. The molecular formula is C21H26N4O2. The molecule has 0 atom stereocenters. The topological polar surface area (TPSA) is 66.5 Å². The van der Waals surface area contributed by atoms with Crippen LogP contribution in [-0.4, -0.2) is 43.7 Å². The number of fused-ring (bicyclic) bond motifs is 1. The summed E-state index contributed by atoms with van der Waals surface area (Å²) in [5, 5.41) is 6.44. The maximum atomic E-state index is 12.6. The summed E-state index contributed by atoms with van der Waals surface area (Å²) >= 11 is 0. The second kappa shape index (κ2) is 8.06. The number of hydrogen-bond donors (Lipinski definition) is 2. The van der Waals surface area contributed by atoms with E-state index < -0.39 is 0 Å². The second-order valence-electron chi connectivity index (χ2n) is 7.08. The molecule has 1 fully saturated rings. The largest absolute Gasteiger partial charge is 0.378 e. The maximum absolute atomic E-state index is 12.6. The lowest BCUT2D eigenvalue weighted by atomic mass is 9.96. The molecule has 4 rings (SSSR count). The van der Waals surface area contributed by atoms with E-state index in [1.165, 1.54) is 11.1 Å². The molecule has 0 radical (unpaired) electrons. The molecule has 6 heteroatoms. The van der Waals surface area contributed by atoms with Gasteiger partial charge in [0.2, 0.25) is 0 Å². The van der Waals surface area contributed by atoms with Gasteiger partial charge >= 0.3 is 0 Å². The lowest BCUT2D eigenvalue weighted by Crippen LogP contribution is -2.36. The molecule has 0 saturated carbocycles. The highest BCUT2D eigenvalue weighted by molar-refractivity contribution is 5.94. The standard InChI is InChI=1S/C21H26N4O2/c1-15-20(19-6-7-22-12-17(19)13-23-15)14-24-21(26)16-2-4-18(5-3-16)25-8-10-27-11-9-25/h2-5,13,22H,6-12,14H2,1H3,(H,24,26). The van der Waals surface area contributed by atoms with Crippen molar-refractivity contribution in [1.29, 1.82) is 0 Å². The van der Waals surface area contributed by atoms with E-state index in [9.17, 15) is 4.79 Å². The molecule has 1 saturated heterocycles. The van der Waals surface area contributed by atoms with Crippen LogP contribution in [0.3, 0.4) is 0 Å². The van der Waals surface area contributed by atoms with Crippen LogP contribution in [0.25, 0.3) is 0 Å². The Balaban J connectivity index is 1.42. The first-order valence-corrected chi connectivity index (χ1v) is 9.60. The number of aryl methyl sites for hydroxylation is 1. The Morgan fingerprint density at radius 1 is 1.26 bits per heavy atom. The fourth-order valence-electron chi connectivity index (χ4n) is 3.79. The van der Waals surface area contributed by atoms with Crippen LogP contribution in [-0.2, 0) is 24.2 Å². The monoisotopic (exact) mass is 366 g/mol. The molecule has 0 bridgehead atoms. The van der Waals surface area contributed by atoms with Crippen LogP contribution in [0.15, 0.2) is 30.5 Å². The molecular weight excluding hydrogens is 340 g/mol. The molecule has 142 valence electrons. The second-order valence-corrected chi connectivity index (χ2v) is 7.08. The zero-order chi connectivity index (χ0) is 18.6. The van der Waals surface area contributed by atoms with Crippen LogP contribution in [0.2, 0.25) is 0 Å². The van der Waals surface area contributed by atoms with E-state index >= 15 is 0 Å². The number of hydrogen-bond acceptors (Lipinski definition) is 5. The number of pyridine rings is 1. The molecule has 6 nitrogen and oxygen atoms in total. The molecule has 0 spiro atoms. The number of ether oxygens (including phenoxy) is 1. The van der Waals surface area contributed by atoms with Crippen LogP contribution in [0.5, 0.6) is 0 Å². The number of nitrogens with one attached hydrogen (secondary N) is 2. The molecule has 3 heterocycles. The van der Waals surface area contributed by atoms with Gasteiger partial charge in [-0.2, -0.15) is 0 Å². The Bertz CT molecular complexity index is 814. The third-order valence-corrected chi connectivity index (χ3v) is 5.40. The summed E-state index contributed by atoms with van der Waals surface area (Å²) in [4.78, 5) is 19.4. The third kappa shape index (κ3) is 3.96. The van der Waals surface area contributed by atoms with Gasteiger partial charge in [0, 0.05) is 49.3 Å². The number of carbonyl (C=O) groups excluding carboxylic acids is 1. The van der Waals surface area contributed by atoms with Crippen molar-refractivity contribution in [3.8, 4) is 0 Å². The van der Waals surface area contributed by atoms with E-state index in [-0.39, 0.29) is 5.91 Å². The Kier molecular flexibility index (Phi) is 5.36. The number of carbonyl (C=O) groups is 1. The minimum Gasteiger partial charge on any atom is -0.378 e. The van der Waals surface area contributed by atoms with Crippen molar-refractivity contribution in [2.45, 2.75) is 26.4 Å². The normalized spacial score (nSPS) is 16.7. The molecule has 2 aromatic rings. The number of aromatic nitrogens is 1. The molecule has 1 aromatic carbocycles. The molecule has 1 aromatic heterocycles. The Labute approximate surface area is 159 Å². The number of nitrogens with zero attached hydrogens (tertiary/aromatic N) is 2. The van der Waals surface area contributed by atoms with Gasteiger partial charge in [-0.15, -0.1) is 0 Å². The van der Waals surface area contributed by atoms with Gasteiger partial charge in [0.1, 0.15) is 0 Å². The maximum Gasteiger partial charge on any atom is 0.251 e. The Hall–Kier alpha value is -2.44. The smallest absolute Gasteiger partial charge is 0.251 e. The van der Waals surface area contributed by atoms with Gasteiger partial charge in [0.15, 0.2) is 0 Å². The first-order valence-electron chi connectivity index (χ1n) is 9.60.